The average molecular weight is 216 g/mol. The number of alkyl halides is 3. The summed E-state index contributed by atoms with van der Waals surface area (Å²) in [7, 11) is 0. The maximum Gasteiger partial charge on any atom is 0.416 e. The van der Waals surface area contributed by atoms with Gasteiger partial charge in [0.25, 0.3) is 0 Å². The summed E-state index contributed by atoms with van der Waals surface area (Å²) < 4.78 is 37.1. The fraction of sp³-hybridized carbons (Fsp3) is 0.500. The number of aromatic nitrogens is 1. The number of rotatable bonds is 2. The molecule has 1 aromatic heterocycles. The Morgan fingerprint density at radius 3 is 2.60 bits per heavy atom. The summed E-state index contributed by atoms with van der Waals surface area (Å²) in [5.74, 6) is 0.296. The third kappa shape index (κ3) is 2.40. The van der Waals surface area contributed by atoms with Crippen molar-refractivity contribution in [2.75, 3.05) is 5.32 Å². The molecule has 1 N–H and O–H groups in total. The molecule has 15 heavy (non-hydrogen) atoms. The summed E-state index contributed by atoms with van der Waals surface area (Å²) in [6.07, 6.45) is -1.17. The van der Waals surface area contributed by atoms with Gasteiger partial charge in [0.15, 0.2) is 0 Å². The van der Waals surface area contributed by atoms with E-state index in [0.717, 1.165) is 25.0 Å². The van der Waals surface area contributed by atoms with Gasteiger partial charge in [-0.25, -0.2) is 4.98 Å². The first-order chi connectivity index (χ1) is 6.89. The largest absolute Gasteiger partial charge is 0.416 e. The maximum atomic E-state index is 12.4. The lowest BCUT2D eigenvalue weighted by Crippen LogP contribution is -2.17. The van der Waals surface area contributed by atoms with Crippen molar-refractivity contribution in [1.29, 1.82) is 0 Å². The van der Waals surface area contributed by atoms with E-state index in [4.69, 9.17) is 0 Å². The van der Waals surface area contributed by atoms with Gasteiger partial charge >= 0.3 is 6.18 Å². The third-order valence-electron chi connectivity index (χ3n) is 2.52. The lowest BCUT2D eigenvalue weighted by atomic mass is 10.2. The van der Waals surface area contributed by atoms with Crippen LogP contribution in [-0.2, 0) is 6.18 Å². The summed E-state index contributed by atoms with van der Waals surface area (Å²) in [6, 6.07) is 2.02. The number of hydrogen-bond acceptors (Lipinski definition) is 2. The normalized spacial score (nSPS) is 18.7. The third-order valence-corrected chi connectivity index (χ3v) is 2.52. The molecule has 1 aromatic rings. The van der Waals surface area contributed by atoms with Crippen molar-refractivity contribution in [2.24, 2.45) is 0 Å². The van der Waals surface area contributed by atoms with Crippen molar-refractivity contribution >= 4 is 5.82 Å². The molecule has 1 aliphatic rings. The van der Waals surface area contributed by atoms with E-state index in [1.54, 1.807) is 0 Å². The molecule has 1 aliphatic carbocycles. The van der Waals surface area contributed by atoms with Crippen LogP contribution < -0.4 is 5.32 Å². The van der Waals surface area contributed by atoms with Crippen molar-refractivity contribution < 1.29 is 13.2 Å². The summed E-state index contributed by atoms with van der Waals surface area (Å²) in [5.41, 5.74) is -0.721. The molecule has 0 saturated heterocycles. The topological polar surface area (TPSA) is 24.9 Å². The number of pyridine rings is 1. The number of nitrogens with zero attached hydrogens (tertiary/aromatic N) is 1. The molecule has 1 fully saturated rings. The van der Waals surface area contributed by atoms with Gasteiger partial charge in [-0.05, 0) is 31.9 Å². The molecule has 0 aromatic carbocycles. The van der Waals surface area contributed by atoms with Crippen molar-refractivity contribution in [3.8, 4) is 0 Å². The fourth-order valence-electron chi connectivity index (χ4n) is 1.30. The van der Waals surface area contributed by atoms with E-state index in [2.05, 4.69) is 10.3 Å². The Morgan fingerprint density at radius 1 is 1.40 bits per heavy atom. The molecule has 0 atom stereocenters. The van der Waals surface area contributed by atoms with Crippen LogP contribution in [0.25, 0.3) is 0 Å². The lowest BCUT2D eigenvalue weighted by Gasteiger charge is -2.13. The molecule has 2 rings (SSSR count). The minimum Gasteiger partial charge on any atom is -0.365 e. The molecule has 1 saturated carbocycles. The van der Waals surface area contributed by atoms with Crippen LogP contribution in [0.5, 0.6) is 0 Å². The summed E-state index contributed by atoms with van der Waals surface area (Å²) in [5, 5.41) is 2.99. The second-order valence-corrected chi connectivity index (χ2v) is 4.11. The molecule has 0 radical (unpaired) electrons. The molecular formula is C10H11F3N2. The molecule has 82 valence electrons. The van der Waals surface area contributed by atoms with E-state index in [-0.39, 0.29) is 5.54 Å². The SMILES string of the molecule is CC1(Nc2cc(C(F)(F)F)ccn2)CC1. The molecular weight excluding hydrogens is 205 g/mol. The Kier molecular flexibility index (Phi) is 2.13. The van der Waals surface area contributed by atoms with Crippen LogP contribution in [0.4, 0.5) is 19.0 Å². The van der Waals surface area contributed by atoms with Crippen molar-refractivity contribution in [3.05, 3.63) is 23.9 Å². The Labute approximate surface area is 85.5 Å². The van der Waals surface area contributed by atoms with Gasteiger partial charge in [-0.2, -0.15) is 13.2 Å². The molecule has 1 heterocycles. The standard InChI is InChI=1S/C10H11F3N2/c1-9(3-4-9)15-8-6-7(2-5-14-8)10(11,12)13/h2,5-6H,3-4H2,1H3,(H,14,15). The van der Waals surface area contributed by atoms with E-state index < -0.39 is 11.7 Å². The molecule has 0 spiro atoms. The van der Waals surface area contributed by atoms with Crippen molar-refractivity contribution in [2.45, 2.75) is 31.5 Å². The number of hydrogen-bond donors (Lipinski definition) is 1. The average Bonchev–Trinajstić information content (AvgIpc) is 2.82. The number of anilines is 1. The fourth-order valence-corrected chi connectivity index (χ4v) is 1.30. The van der Waals surface area contributed by atoms with Gasteiger partial charge in [0, 0.05) is 11.7 Å². The van der Waals surface area contributed by atoms with Gasteiger partial charge in [-0.3, -0.25) is 0 Å². The van der Waals surface area contributed by atoms with Gasteiger partial charge in [0.2, 0.25) is 0 Å². The predicted molar refractivity (Wildman–Crippen MR) is 50.5 cm³/mol. The predicted octanol–water partition coefficient (Wildman–Crippen LogP) is 3.06. The highest BCUT2D eigenvalue weighted by Crippen LogP contribution is 2.38. The van der Waals surface area contributed by atoms with Crippen LogP contribution in [0.1, 0.15) is 25.3 Å². The second kappa shape index (κ2) is 3.12. The van der Waals surface area contributed by atoms with Gasteiger partial charge in [0.05, 0.1) is 5.56 Å². The van der Waals surface area contributed by atoms with Crippen LogP contribution in [0.2, 0.25) is 0 Å². The van der Waals surface area contributed by atoms with Gasteiger partial charge in [-0.15, -0.1) is 0 Å². The number of halogens is 3. The number of nitrogens with one attached hydrogen (secondary N) is 1. The smallest absolute Gasteiger partial charge is 0.365 e. The first-order valence-electron chi connectivity index (χ1n) is 4.71. The van der Waals surface area contributed by atoms with E-state index >= 15 is 0 Å². The first kappa shape index (κ1) is 10.3. The van der Waals surface area contributed by atoms with Crippen LogP contribution in [-0.4, -0.2) is 10.5 Å². The first-order valence-corrected chi connectivity index (χ1v) is 4.71. The van der Waals surface area contributed by atoms with Crippen molar-refractivity contribution in [3.63, 3.8) is 0 Å². The monoisotopic (exact) mass is 216 g/mol. The second-order valence-electron chi connectivity index (χ2n) is 4.11. The molecule has 0 unspecified atom stereocenters. The van der Waals surface area contributed by atoms with E-state index in [0.29, 0.717) is 5.82 Å². The summed E-state index contributed by atoms with van der Waals surface area (Å²) in [6.45, 7) is 1.97. The highest BCUT2D eigenvalue weighted by Gasteiger charge is 2.38. The maximum absolute atomic E-state index is 12.4. The quantitative estimate of drug-likeness (QED) is 0.821. The van der Waals surface area contributed by atoms with Crippen LogP contribution in [0.15, 0.2) is 18.3 Å². The molecule has 0 amide bonds. The Balaban J connectivity index is 2.19. The molecule has 0 aliphatic heterocycles. The van der Waals surface area contributed by atoms with E-state index in [1.807, 2.05) is 6.92 Å². The van der Waals surface area contributed by atoms with Gasteiger partial charge < -0.3 is 5.32 Å². The van der Waals surface area contributed by atoms with Gasteiger partial charge in [-0.1, -0.05) is 0 Å². The zero-order chi connectivity index (χ0) is 11.1. The van der Waals surface area contributed by atoms with Crippen LogP contribution in [0.3, 0.4) is 0 Å². The summed E-state index contributed by atoms with van der Waals surface area (Å²) in [4.78, 5) is 3.87. The van der Waals surface area contributed by atoms with Crippen molar-refractivity contribution in [1.82, 2.24) is 4.98 Å². The van der Waals surface area contributed by atoms with Crippen LogP contribution >= 0.6 is 0 Å². The lowest BCUT2D eigenvalue weighted by molar-refractivity contribution is -0.137. The zero-order valence-corrected chi connectivity index (χ0v) is 8.23. The minimum absolute atomic E-state index is 0.0583. The Hall–Kier alpha value is -1.26. The molecule has 0 bridgehead atoms. The Morgan fingerprint density at radius 2 is 2.07 bits per heavy atom. The highest BCUT2D eigenvalue weighted by atomic mass is 19.4. The summed E-state index contributed by atoms with van der Waals surface area (Å²) >= 11 is 0. The minimum atomic E-state index is -4.30. The molecule has 2 nitrogen and oxygen atoms in total. The van der Waals surface area contributed by atoms with E-state index in [9.17, 15) is 13.2 Å². The molecule has 5 heteroatoms. The zero-order valence-electron chi connectivity index (χ0n) is 8.23. The Bertz CT molecular complexity index is 369. The highest BCUT2D eigenvalue weighted by molar-refractivity contribution is 5.42. The van der Waals surface area contributed by atoms with Gasteiger partial charge in [0.1, 0.15) is 5.82 Å². The van der Waals surface area contributed by atoms with Crippen LogP contribution in [0, 0.1) is 0 Å². The van der Waals surface area contributed by atoms with E-state index in [1.165, 1.54) is 6.20 Å².